The average Bonchev–Trinajstić information content (AvgIpc) is 2.41. The highest BCUT2D eigenvalue weighted by Gasteiger charge is 2.22. The molecule has 2 rings (SSSR count). The average molecular weight is 291 g/mol. The van der Waals surface area contributed by atoms with Gasteiger partial charge >= 0.3 is 0 Å². The Kier molecular flexibility index (Phi) is 5.31. The van der Waals surface area contributed by atoms with Gasteiger partial charge in [-0.15, -0.1) is 0 Å². The van der Waals surface area contributed by atoms with Gasteiger partial charge in [0.1, 0.15) is 0 Å². The number of rotatable bonds is 4. The molecule has 1 aromatic carbocycles. The second-order valence-electron chi connectivity index (χ2n) is 6.31. The maximum atomic E-state index is 8.86. The molecule has 1 aliphatic carbocycles. The minimum atomic E-state index is 0.512. The minimum absolute atomic E-state index is 0.512. The smallest absolute Gasteiger partial charge is 0.0992 e. The van der Waals surface area contributed by atoms with E-state index in [1.807, 2.05) is 12.1 Å². The van der Waals surface area contributed by atoms with E-state index in [1.54, 1.807) is 6.07 Å². The lowest BCUT2D eigenvalue weighted by Crippen LogP contribution is -2.28. The first-order valence-corrected chi connectivity index (χ1v) is 7.92. The summed E-state index contributed by atoms with van der Waals surface area (Å²) in [6.07, 6.45) is 6.42. The van der Waals surface area contributed by atoms with Crippen molar-refractivity contribution in [2.45, 2.75) is 52.0 Å². The quantitative estimate of drug-likeness (QED) is 0.824. The van der Waals surface area contributed by atoms with Crippen molar-refractivity contribution in [1.82, 2.24) is 0 Å². The highest BCUT2D eigenvalue weighted by Crippen LogP contribution is 2.32. The van der Waals surface area contributed by atoms with Crippen molar-refractivity contribution in [2.24, 2.45) is 11.8 Å². The van der Waals surface area contributed by atoms with Gasteiger partial charge in [0.15, 0.2) is 0 Å². The van der Waals surface area contributed by atoms with Crippen LogP contribution in [0.4, 0.5) is 5.69 Å². The van der Waals surface area contributed by atoms with Gasteiger partial charge in [-0.1, -0.05) is 38.3 Å². The Labute approximate surface area is 127 Å². The van der Waals surface area contributed by atoms with Crippen molar-refractivity contribution in [2.75, 3.05) is 5.32 Å². The normalized spacial score (nSPS) is 22.6. The van der Waals surface area contributed by atoms with Gasteiger partial charge < -0.3 is 5.32 Å². The fourth-order valence-electron chi connectivity index (χ4n) is 3.22. The standard InChI is InChI=1S/C17H23ClN2/c1-12(2)8-13-4-3-5-15(9-13)20-17-7-6-14(11-19)10-16(17)18/h6-7,10,12-13,15,20H,3-5,8-9H2,1-2H3. The van der Waals surface area contributed by atoms with Crippen LogP contribution in [0.5, 0.6) is 0 Å². The molecule has 1 saturated carbocycles. The number of anilines is 1. The molecule has 2 unspecified atom stereocenters. The fraction of sp³-hybridized carbons (Fsp3) is 0.588. The number of nitrogens with zero attached hydrogens (tertiary/aromatic N) is 1. The first kappa shape index (κ1) is 15.2. The molecule has 1 N–H and O–H groups in total. The van der Waals surface area contributed by atoms with Crippen molar-refractivity contribution < 1.29 is 0 Å². The molecule has 0 radical (unpaired) electrons. The van der Waals surface area contributed by atoms with Crippen molar-refractivity contribution in [3.63, 3.8) is 0 Å². The Morgan fingerprint density at radius 1 is 1.40 bits per heavy atom. The predicted molar refractivity (Wildman–Crippen MR) is 85.0 cm³/mol. The van der Waals surface area contributed by atoms with Crippen LogP contribution in [0.25, 0.3) is 0 Å². The van der Waals surface area contributed by atoms with Crippen LogP contribution in [-0.2, 0) is 0 Å². The molecule has 108 valence electrons. The lowest BCUT2D eigenvalue weighted by Gasteiger charge is -2.31. The van der Waals surface area contributed by atoms with E-state index in [2.05, 4.69) is 25.2 Å². The van der Waals surface area contributed by atoms with Crippen LogP contribution in [0.2, 0.25) is 5.02 Å². The molecule has 0 saturated heterocycles. The number of benzene rings is 1. The molecular weight excluding hydrogens is 268 g/mol. The summed E-state index contributed by atoms with van der Waals surface area (Å²) in [5, 5.41) is 13.1. The van der Waals surface area contributed by atoms with Crippen LogP contribution < -0.4 is 5.32 Å². The maximum Gasteiger partial charge on any atom is 0.0992 e. The van der Waals surface area contributed by atoms with E-state index in [9.17, 15) is 0 Å². The van der Waals surface area contributed by atoms with Gasteiger partial charge in [-0.3, -0.25) is 0 Å². The second kappa shape index (κ2) is 6.99. The Balaban J connectivity index is 1.97. The van der Waals surface area contributed by atoms with Crippen LogP contribution in [0.3, 0.4) is 0 Å². The first-order chi connectivity index (χ1) is 9.58. The number of nitriles is 1. The summed E-state index contributed by atoms with van der Waals surface area (Å²) in [6.45, 7) is 4.60. The molecule has 1 fully saturated rings. The summed E-state index contributed by atoms with van der Waals surface area (Å²) in [7, 11) is 0. The van der Waals surface area contributed by atoms with E-state index in [0.29, 0.717) is 16.6 Å². The molecule has 0 heterocycles. The Hall–Kier alpha value is -1.20. The van der Waals surface area contributed by atoms with E-state index in [0.717, 1.165) is 17.5 Å². The molecule has 0 aliphatic heterocycles. The van der Waals surface area contributed by atoms with Gasteiger partial charge in [-0.25, -0.2) is 0 Å². The minimum Gasteiger partial charge on any atom is -0.381 e. The lowest BCUT2D eigenvalue weighted by molar-refractivity contribution is 0.289. The third kappa shape index (κ3) is 4.15. The van der Waals surface area contributed by atoms with Crippen LogP contribution in [0.15, 0.2) is 18.2 Å². The summed E-state index contributed by atoms with van der Waals surface area (Å²) in [4.78, 5) is 0. The summed E-state index contributed by atoms with van der Waals surface area (Å²) >= 11 is 6.23. The molecule has 0 amide bonds. The van der Waals surface area contributed by atoms with E-state index >= 15 is 0 Å². The van der Waals surface area contributed by atoms with E-state index in [1.165, 1.54) is 32.1 Å². The molecule has 2 atom stereocenters. The van der Waals surface area contributed by atoms with Gasteiger partial charge in [0.25, 0.3) is 0 Å². The molecule has 1 aliphatic rings. The van der Waals surface area contributed by atoms with Gasteiger partial charge in [-0.2, -0.15) is 5.26 Å². The maximum absolute atomic E-state index is 8.86. The van der Waals surface area contributed by atoms with Gasteiger partial charge in [-0.05, 0) is 49.3 Å². The molecule has 0 spiro atoms. The van der Waals surface area contributed by atoms with E-state index in [-0.39, 0.29) is 0 Å². The van der Waals surface area contributed by atoms with E-state index in [4.69, 9.17) is 16.9 Å². The monoisotopic (exact) mass is 290 g/mol. The summed E-state index contributed by atoms with van der Waals surface area (Å²) < 4.78 is 0. The second-order valence-corrected chi connectivity index (χ2v) is 6.72. The van der Waals surface area contributed by atoms with Crippen LogP contribution in [0.1, 0.15) is 51.5 Å². The molecular formula is C17H23ClN2. The lowest BCUT2D eigenvalue weighted by atomic mass is 9.81. The third-order valence-electron chi connectivity index (χ3n) is 4.05. The SMILES string of the molecule is CC(C)CC1CCCC(Nc2ccc(C#N)cc2Cl)C1. The number of nitrogens with one attached hydrogen (secondary N) is 1. The number of halogens is 1. The van der Waals surface area contributed by atoms with Crippen molar-refractivity contribution in [1.29, 1.82) is 5.26 Å². The van der Waals surface area contributed by atoms with Crippen molar-refractivity contribution in [3.05, 3.63) is 28.8 Å². The van der Waals surface area contributed by atoms with Crippen molar-refractivity contribution in [3.8, 4) is 6.07 Å². The highest BCUT2D eigenvalue weighted by molar-refractivity contribution is 6.33. The van der Waals surface area contributed by atoms with Crippen molar-refractivity contribution >= 4 is 17.3 Å². The molecule has 0 bridgehead atoms. The van der Waals surface area contributed by atoms with Crippen LogP contribution in [-0.4, -0.2) is 6.04 Å². The zero-order valence-electron chi connectivity index (χ0n) is 12.3. The largest absolute Gasteiger partial charge is 0.381 e. The van der Waals surface area contributed by atoms with Crippen LogP contribution >= 0.6 is 11.6 Å². The number of hydrogen-bond donors (Lipinski definition) is 1. The summed E-state index contributed by atoms with van der Waals surface area (Å²) in [5.74, 6) is 1.61. The third-order valence-corrected chi connectivity index (χ3v) is 4.36. The molecule has 0 aromatic heterocycles. The van der Waals surface area contributed by atoms with E-state index < -0.39 is 0 Å². The topological polar surface area (TPSA) is 35.8 Å². The Morgan fingerprint density at radius 3 is 2.85 bits per heavy atom. The van der Waals surface area contributed by atoms with Crippen LogP contribution in [0, 0.1) is 23.2 Å². The summed E-state index contributed by atoms with van der Waals surface area (Å²) in [5.41, 5.74) is 1.57. The zero-order chi connectivity index (χ0) is 14.5. The summed E-state index contributed by atoms with van der Waals surface area (Å²) in [6, 6.07) is 8.11. The van der Waals surface area contributed by atoms with Gasteiger partial charge in [0, 0.05) is 6.04 Å². The molecule has 3 heteroatoms. The molecule has 2 nitrogen and oxygen atoms in total. The highest BCUT2D eigenvalue weighted by atomic mass is 35.5. The molecule has 1 aromatic rings. The molecule has 20 heavy (non-hydrogen) atoms. The zero-order valence-corrected chi connectivity index (χ0v) is 13.1. The number of hydrogen-bond acceptors (Lipinski definition) is 2. The predicted octanol–water partition coefficient (Wildman–Crippen LogP) is 5.23. The van der Waals surface area contributed by atoms with Gasteiger partial charge in [0.05, 0.1) is 22.3 Å². The first-order valence-electron chi connectivity index (χ1n) is 7.54. The fourth-order valence-corrected chi connectivity index (χ4v) is 3.46. The van der Waals surface area contributed by atoms with Gasteiger partial charge in [0.2, 0.25) is 0 Å². The Bertz CT molecular complexity index is 490. The Morgan fingerprint density at radius 2 is 2.20 bits per heavy atom.